The van der Waals surface area contributed by atoms with Crippen LogP contribution in [0.4, 0.5) is 34.3 Å². The Morgan fingerprint density at radius 2 is 0.818 bits per heavy atom. The highest BCUT2D eigenvalue weighted by Crippen LogP contribution is 2.50. The summed E-state index contributed by atoms with van der Waals surface area (Å²) in [6.07, 6.45) is 0. The van der Waals surface area contributed by atoms with Crippen molar-refractivity contribution in [2.75, 3.05) is 9.80 Å². The zero-order valence-corrected chi connectivity index (χ0v) is 24.1. The van der Waals surface area contributed by atoms with Crippen molar-refractivity contribution in [3.05, 3.63) is 170 Å². The van der Waals surface area contributed by atoms with E-state index in [1.165, 1.54) is 50.5 Å². The molecule has 2 aliphatic rings. The minimum atomic E-state index is 0.0692. The lowest BCUT2D eigenvalue weighted by atomic mass is 9.34. The van der Waals surface area contributed by atoms with Crippen LogP contribution in [-0.4, -0.2) is 11.3 Å². The predicted molar refractivity (Wildman–Crippen MR) is 185 cm³/mol. The van der Waals surface area contributed by atoms with Gasteiger partial charge in [0.2, 0.25) is 0 Å². The maximum absolute atomic E-state index is 2.50. The number of aromatic nitrogens is 1. The Bertz CT molecular complexity index is 1970. The lowest BCUT2D eigenvalue weighted by Crippen LogP contribution is -2.60. The largest absolute Gasteiger partial charge is 0.309 e. The predicted octanol–water partition coefficient (Wildman–Crippen LogP) is 8.23. The average Bonchev–Trinajstić information content (AvgIpc) is 3.45. The van der Waals surface area contributed by atoms with Gasteiger partial charge in [-0.1, -0.05) is 121 Å². The van der Waals surface area contributed by atoms with Crippen LogP contribution in [0, 0.1) is 0 Å². The molecule has 0 saturated heterocycles. The van der Waals surface area contributed by atoms with Crippen LogP contribution in [-0.2, 0) is 0 Å². The van der Waals surface area contributed by atoms with E-state index in [4.69, 9.17) is 0 Å². The fraction of sp³-hybridized carbons (Fsp3) is 0. The van der Waals surface area contributed by atoms with Gasteiger partial charge in [0.15, 0.2) is 0 Å². The van der Waals surface area contributed by atoms with Gasteiger partial charge in [0.1, 0.15) is 5.82 Å². The first-order chi connectivity index (χ1) is 21.9. The number of rotatable bonds is 4. The Morgan fingerprint density at radius 3 is 1.39 bits per heavy atom. The fourth-order valence-corrected chi connectivity index (χ4v) is 7.24. The Labute approximate surface area is 258 Å². The lowest BCUT2D eigenvalue weighted by molar-refractivity contribution is 1.05. The molecule has 6 aromatic carbocycles. The van der Waals surface area contributed by atoms with Crippen LogP contribution in [0.2, 0.25) is 0 Å². The standard InChI is InChI=1S/C40H28BN3/c1-5-17-29(18-6-1)38-39-37-40(44(38)32-23-11-4-12-24-32)43(31-21-9-3-10-22-31)36-28-16-14-26-34(36)41(37)33-25-13-15-27-35(33)42(39)30-19-7-2-8-20-30/h1-28H. The van der Waals surface area contributed by atoms with Gasteiger partial charge < -0.3 is 4.90 Å². The Morgan fingerprint density at radius 1 is 0.386 bits per heavy atom. The second-order valence-electron chi connectivity index (χ2n) is 11.4. The maximum atomic E-state index is 2.50. The maximum Gasteiger partial charge on any atom is 0.254 e. The van der Waals surface area contributed by atoms with Crippen LogP contribution in [0.5, 0.6) is 0 Å². The van der Waals surface area contributed by atoms with E-state index in [1.54, 1.807) is 0 Å². The van der Waals surface area contributed by atoms with Gasteiger partial charge >= 0.3 is 0 Å². The normalized spacial score (nSPS) is 12.9. The van der Waals surface area contributed by atoms with Crippen LogP contribution < -0.4 is 26.2 Å². The second kappa shape index (κ2) is 9.93. The van der Waals surface area contributed by atoms with Crippen molar-refractivity contribution in [3.63, 3.8) is 0 Å². The van der Waals surface area contributed by atoms with E-state index in [1.807, 2.05) is 0 Å². The highest BCUT2D eigenvalue weighted by molar-refractivity contribution is 7.00. The first-order valence-corrected chi connectivity index (χ1v) is 15.2. The van der Waals surface area contributed by atoms with E-state index in [2.05, 4.69) is 184 Å². The van der Waals surface area contributed by atoms with Gasteiger partial charge in [0, 0.05) is 34.0 Å². The van der Waals surface area contributed by atoms with Gasteiger partial charge in [-0.3, -0.25) is 9.47 Å². The van der Waals surface area contributed by atoms with E-state index in [9.17, 15) is 0 Å². The van der Waals surface area contributed by atoms with Crippen LogP contribution in [0.3, 0.4) is 0 Å². The van der Waals surface area contributed by atoms with E-state index in [-0.39, 0.29) is 6.71 Å². The minimum Gasteiger partial charge on any atom is -0.309 e. The summed E-state index contributed by atoms with van der Waals surface area (Å²) in [5.74, 6) is 1.18. The summed E-state index contributed by atoms with van der Waals surface area (Å²) in [6.45, 7) is 0.0692. The van der Waals surface area contributed by atoms with E-state index in [0.29, 0.717) is 0 Å². The molecule has 0 spiro atoms. The number of anilines is 6. The molecule has 3 nitrogen and oxygen atoms in total. The molecule has 3 heterocycles. The number of fused-ring (bicyclic) bond motifs is 4. The van der Waals surface area contributed by atoms with Gasteiger partial charge in [0.25, 0.3) is 6.71 Å². The van der Waals surface area contributed by atoms with E-state index < -0.39 is 0 Å². The Balaban J connectivity index is 1.52. The van der Waals surface area contributed by atoms with Crippen molar-refractivity contribution < 1.29 is 0 Å². The second-order valence-corrected chi connectivity index (χ2v) is 11.4. The molecule has 1 aromatic heterocycles. The zero-order valence-electron chi connectivity index (χ0n) is 24.1. The molecule has 0 fully saturated rings. The third-order valence-electron chi connectivity index (χ3n) is 8.95. The van der Waals surface area contributed by atoms with Crippen molar-refractivity contribution in [2.45, 2.75) is 0 Å². The molecular formula is C40H28BN3. The molecule has 9 rings (SSSR count). The van der Waals surface area contributed by atoms with E-state index in [0.717, 1.165) is 17.1 Å². The Kier molecular flexibility index (Phi) is 5.60. The van der Waals surface area contributed by atoms with Crippen molar-refractivity contribution in [2.24, 2.45) is 0 Å². The van der Waals surface area contributed by atoms with Gasteiger partial charge in [-0.25, -0.2) is 0 Å². The topological polar surface area (TPSA) is 11.4 Å². The fourth-order valence-electron chi connectivity index (χ4n) is 7.24. The quantitative estimate of drug-likeness (QED) is 0.201. The van der Waals surface area contributed by atoms with Crippen LogP contribution in [0.1, 0.15) is 0 Å². The van der Waals surface area contributed by atoms with Gasteiger partial charge in [0.05, 0.1) is 11.4 Å². The molecule has 0 atom stereocenters. The molecular weight excluding hydrogens is 533 g/mol. The van der Waals surface area contributed by atoms with Crippen LogP contribution in [0.25, 0.3) is 16.9 Å². The van der Waals surface area contributed by atoms with Gasteiger partial charge in [-0.15, -0.1) is 0 Å². The first kappa shape index (κ1) is 24.8. The first-order valence-electron chi connectivity index (χ1n) is 15.2. The molecule has 0 bridgehead atoms. The summed E-state index contributed by atoms with van der Waals surface area (Å²) >= 11 is 0. The van der Waals surface area contributed by atoms with Gasteiger partial charge in [-0.2, -0.15) is 0 Å². The van der Waals surface area contributed by atoms with E-state index >= 15 is 0 Å². The molecule has 7 aromatic rings. The molecule has 0 radical (unpaired) electrons. The van der Waals surface area contributed by atoms with Gasteiger partial charge in [-0.05, 0) is 64.9 Å². The summed E-state index contributed by atoms with van der Waals surface area (Å²) in [6, 6.07) is 61.3. The average molecular weight is 561 g/mol. The summed E-state index contributed by atoms with van der Waals surface area (Å²) in [4.78, 5) is 4.96. The summed E-state index contributed by atoms with van der Waals surface area (Å²) < 4.78 is 2.50. The molecule has 0 amide bonds. The molecule has 0 unspecified atom stereocenters. The van der Waals surface area contributed by atoms with Crippen molar-refractivity contribution in [1.29, 1.82) is 0 Å². The molecule has 2 aliphatic heterocycles. The minimum absolute atomic E-state index is 0.0692. The highest BCUT2D eigenvalue weighted by Gasteiger charge is 2.47. The zero-order chi connectivity index (χ0) is 29.0. The molecule has 206 valence electrons. The Hall–Kier alpha value is -5.74. The molecule has 4 heteroatoms. The summed E-state index contributed by atoms with van der Waals surface area (Å²) in [5, 5.41) is 0. The van der Waals surface area contributed by atoms with Crippen LogP contribution >= 0.6 is 0 Å². The van der Waals surface area contributed by atoms with Crippen molar-refractivity contribution in [3.8, 4) is 16.9 Å². The monoisotopic (exact) mass is 561 g/mol. The summed E-state index contributed by atoms with van der Waals surface area (Å²) in [7, 11) is 0. The van der Waals surface area contributed by atoms with Crippen molar-refractivity contribution >= 4 is 57.4 Å². The third kappa shape index (κ3) is 3.58. The molecule has 0 N–H and O–H groups in total. The number of nitrogens with zero attached hydrogens (tertiary/aromatic N) is 3. The highest BCUT2D eigenvalue weighted by atomic mass is 15.3. The SMILES string of the molecule is c1ccc(-c2c3c4c(n2-c2ccccc2)N(c2ccccc2)c2ccccc2B4c2ccccc2N3c2ccccc2)cc1. The molecule has 0 saturated carbocycles. The lowest BCUT2D eigenvalue weighted by Gasteiger charge is -2.41. The number of hydrogen-bond donors (Lipinski definition) is 0. The molecule has 44 heavy (non-hydrogen) atoms. The smallest absolute Gasteiger partial charge is 0.254 e. The number of benzene rings is 6. The van der Waals surface area contributed by atoms with Crippen molar-refractivity contribution in [1.82, 2.24) is 4.57 Å². The number of para-hydroxylation sites is 5. The third-order valence-corrected chi connectivity index (χ3v) is 8.95. The number of hydrogen-bond acceptors (Lipinski definition) is 2. The van der Waals surface area contributed by atoms with Crippen LogP contribution in [0.15, 0.2) is 170 Å². The molecule has 0 aliphatic carbocycles. The summed E-state index contributed by atoms with van der Waals surface area (Å²) in [5.41, 5.74) is 13.4.